The van der Waals surface area contributed by atoms with Crippen molar-refractivity contribution in [2.75, 3.05) is 17.2 Å². The summed E-state index contributed by atoms with van der Waals surface area (Å²) in [6, 6.07) is 5.93. The zero-order valence-corrected chi connectivity index (χ0v) is 13.8. The van der Waals surface area contributed by atoms with E-state index in [-0.39, 0.29) is 11.3 Å². The summed E-state index contributed by atoms with van der Waals surface area (Å²) >= 11 is 0. The van der Waals surface area contributed by atoms with Gasteiger partial charge >= 0.3 is 0 Å². The molecule has 0 aromatic heterocycles. The molecule has 2 N–H and O–H groups in total. The number of fused-ring (bicyclic) bond motifs is 1. The van der Waals surface area contributed by atoms with Gasteiger partial charge in [0.05, 0.1) is 0 Å². The molecule has 1 aliphatic rings. The highest BCUT2D eigenvalue weighted by Gasteiger charge is 2.25. The summed E-state index contributed by atoms with van der Waals surface area (Å²) < 4.78 is 0. The largest absolute Gasteiger partial charge is 0.399 e. The highest BCUT2D eigenvalue weighted by molar-refractivity contribution is 5.95. The van der Waals surface area contributed by atoms with Crippen LogP contribution in [0.5, 0.6) is 0 Å². The van der Waals surface area contributed by atoms with Crippen LogP contribution in [0, 0.1) is 11.3 Å². The van der Waals surface area contributed by atoms with Crippen LogP contribution in [0.2, 0.25) is 0 Å². The van der Waals surface area contributed by atoms with E-state index in [9.17, 15) is 4.79 Å². The number of aryl methyl sites for hydroxylation is 1. The van der Waals surface area contributed by atoms with Gasteiger partial charge in [0, 0.05) is 24.3 Å². The number of nitrogen functional groups attached to an aromatic ring is 1. The predicted octanol–water partition coefficient (Wildman–Crippen LogP) is 4.01. The van der Waals surface area contributed by atoms with Gasteiger partial charge in [0.2, 0.25) is 5.91 Å². The molecule has 0 saturated heterocycles. The van der Waals surface area contributed by atoms with Crippen molar-refractivity contribution in [2.45, 2.75) is 53.4 Å². The number of hydrogen-bond acceptors (Lipinski definition) is 2. The SMILES string of the molecule is CC(CC(=O)N1CCCc2ccc(N)cc21)CC(C)(C)C. The van der Waals surface area contributed by atoms with Crippen LogP contribution in [-0.4, -0.2) is 12.5 Å². The van der Waals surface area contributed by atoms with Gasteiger partial charge in [-0.05, 0) is 48.3 Å². The van der Waals surface area contributed by atoms with Gasteiger partial charge in [-0.2, -0.15) is 0 Å². The first-order chi connectivity index (χ1) is 9.76. The molecule has 0 aliphatic carbocycles. The second-order valence-corrected chi connectivity index (χ2v) is 7.61. The summed E-state index contributed by atoms with van der Waals surface area (Å²) in [6.07, 6.45) is 3.76. The van der Waals surface area contributed by atoms with E-state index in [1.165, 1.54) is 5.56 Å². The molecule has 0 radical (unpaired) electrons. The number of nitrogens with zero attached hydrogens (tertiary/aromatic N) is 1. The number of benzene rings is 1. The third-order valence-corrected chi connectivity index (χ3v) is 4.01. The van der Waals surface area contributed by atoms with Crippen molar-refractivity contribution in [3.63, 3.8) is 0 Å². The van der Waals surface area contributed by atoms with Crippen molar-refractivity contribution in [3.8, 4) is 0 Å². The Bertz CT molecular complexity index is 516. The minimum atomic E-state index is 0.235. The van der Waals surface area contributed by atoms with E-state index in [1.54, 1.807) is 0 Å². The van der Waals surface area contributed by atoms with E-state index in [2.05, 4.69) is 33.8 Å². The average molecular weight is 288 g/mol. The zero-order valence-electron chi connectivity index (χ0n) is 13.8. The van der Waals surface area contributed by atoms with E-state index in [1.807, 2.05) is 17.0 Å². The maximum atomic E-state index is 12.7. The Morgan fingerprint density at radius 3 is 2.76 bits per heavy atom. The quantitative estimate of drug-likeness (QED) is 0.854. The van der Waals surface area contributed by atoms with Crippen LogP contribution in [0.4, 0.5) is 11.4 Å². The van der Waals surface area contributed by atoms with Crippen LogP contribution in [0.15, 0.2) is 18.2 Å². The third kappa shape index (κ3) is 4.23. The van der Waals surface area contributed by atoms with Crippen LogP contribution in [-0.2, 0) is 11.2 Å². The molecule has 3 nitrogen and oxygen atoms in total. The molecule has 0 bridgehead atoms. The lowest BCUT2D eigenvalue weighted by atomic mass is 9.84. The molecular formula is C18H28N2O. The van der Waals surface area contributed by atoms with Crippen molar-refractivity contribution in [1.82, 2.24) is 0 Å². The van der Waals surface area contributed by atoms with Gasteiger partial charge in [-0.3, -0.25) is 4.79 Å². The van der Waals surface area contributed by atoms with Gasteiger partial charge in [0.1, 0.15) is 0 Å². The summed E-state index contributed by atoms with van der Waals surface area (Å²) in [5.41, 5.74) is 9.16. The second-order valence-electron chi connectivity index (χ2n) is 7.61. The molecule has 1 atom stereocenters. The minimum absolute atomic E-state index is 0.235. The van der Waals surface area contributed by atoms with Crippen molar-refractivity contribution in [2.24, 2.45) is 11.3 Å². The molecule has 0 fully saturated rings. The molecule has 1 heterocycles. The minimum Gasteiger partial charge on any atom is -0.399 e. The van der Waals surface area contributed by atoms with E-state index < -0.39 is 0 Å². The number of anilines is 2. The van der Waals surface area contributed by atoms with Crippen molar-refractivity contribution < 1.29 is 4.79 Å². The average Bonchev–Trinajstić information content (AvgIpc) is 2.35. The molecule has 1 amide bonds. The van der Waals surface area contributed by atoms with Gasteiger partial charge < -0.3 is 10.6 Å². The van der Waals surface area contributed by atoms with E-state index >= 15 is 0 Å². The standard InChI is InChI=1S/C18H28N2O/c1-13(12-18(2,3)4)10-17(21)20-9-5-6-14-7-8-15(19)11-16(14)20/h7-8,11,13H,5-6,9-10,12,19H2,1-4H3. The van der Waals surface area contributed by atoms with E-state index in [0.29, 0.717) is 12.3 Å². The first-order valence-electron chi connectivity index (χ1n) is 7.95. The Morgan fingerprint density at radius 1 is 1.38 bits per heavy atom. The fourth-order valence-corrected chi connectivity index (χ4v) is 3.38. The van der Waals surface area contributed by atoms with Crippen molar-refractivity contribution >= 4 is 17.3 Å². The van der Waals surface area contributed by atoms with Crippen LogP contribution in [0.1, 0.15) is 52.5 Å². The number of nitrogens with two attached hydrogens (primary N) is 1. The lowest BCUT2D eigenvalue weighted by Gasteiger charge is -2.31. The number of rotatable bonds is 3. The molecular weight excluding hydrogens is 260 g/mol. The monoisotopic (exact) mass is 288 g/mol. The predicted molar refractivity (Wildman–Crippen MR) is 89.4 cm³/mol. The van der Waals surface area contributed by atoms with E-state index in [4.69, 9.17) is 5.73 Å². The highest BCUT2D eigenvalue weighted by Crippen LogP contribution is 2.31. The fourth-order valence-electron chi connectivity index (χ4n) is 3.38. The van der Waals surface area contributed by atoms with Crippen LogP contribution >= 0.6 is 0 Å². The number of carbonyl (C=O) groups excluding carboxylic acids is 1. The van der Waals surface area contributed by atoms with Gasteiger partial charge in [0.15, 0.2) is 0 Å². The summed E-state index contributed by atoms with van der Waals surface area (Å²) in [4.78, 5) is 14.6. The molecule has 3 heteroatoms. The molecule has 1 aliphatic heterocycles. The molecule has 0 saturated carbocycles. The number of carbonyl (C=O) groups is 1. The maximum absolute atomic E-state index is 12.7. The number of amides is 1. The topological polar surface area (TPSA) is 46.3 Å². The molecule has 2 rings (SSSR count). The lowest BCUT2D eigenvalue weighted by molar-refractivity contribution is -0.119. The molecule has 1 aromatic carbocycles. The Kier molecular flexibility index (Phi) is 4.60. The highest BCUT2D eigenvalue weighted by atomic mass is 16.2. The lowest BCUT2D eigenvalue weighted by Crippen LogP contribution is -2.36. The van der Waals surface area contributed by atoms with Gasteiger partial charge in [-0.1, -0.05) is 33.8 Å². The third-order valence-electron chi connectivity index (χ3n) is 4.01. The Labute approximate surface area is 128 Å². The normalized spacial score (nSPS) is 16.5. The van der Waals surface area contributed by atoms with Crippen LogP contribution in [0.25, 0.3) is 0 Å². The van der Waals surface area contributed by atoms with Crippen molar-refractivity contribution in [1.29, 1.82) is 0 Å². The Balaban J connectivity index is 2.09. The molecule has 116 valence electrons. The van der Waals surface area contributed by atoms with Gasteiger partial charge in [-0.25, -0.2) is 0 Å². The Hall–Kier alpha value is -1.51. The van der Waals surface area contributed by atoms with Crippen LogP contribution in [0.3, 0.4) is 0 Å². The smallest absolute Gasteiger partial charge is 0.227 e. The summed E-state index contributed by atoms with van der Waals surface area (Å²) in [6.45, 7) is 9.67. The Morgan fingerprint density at radius 2 is 2.10 bits per heavy atom. The molecule has 21 heavy (non-hydrogen) atoms. The van der Waals surface area contributed by atoms with Gasteiger partial charge in [-0.15, -0.1) is 0 Å². The molecule has 1 aromatic rings. The molecule has 0 spiro atoms. The fraction of sp³-hybridized carbons (Fsp3) is 0.611. The summed E-state index contributed by atoms with van der Waals surface area (Å²) in [5, 5.41) is 0. The van der Waals surface area contributed by atoms with Crippen molar-refractivity contribution in [3.05, 3.63) is 23.8 Å². The maximum Gasteiger partial charge on any atom is 0.227 e. The first-order valence-corrected chi connectivity index (χ1v) is 7.95. The van der Waals surface area contributed by atoms with Gasteiger partial charge in [0.25, 0.3) is 0 Å². The van der Waals surface area contributed by atoms with E-state index in [0.717, 1.165) is 37.2 Å². The summed E-state index contributed by atoms with van der Waals surface area (Å²) in [5.74, 6) is 0.641. The number of hydrogen-bond donors (Lipinski definition) is 1. The zero-order chi connectivity index (χ0) is 15.6. The molecule has 1 unspecified atom stereocenters. The van der Waals surface area contributed by atoms with Crippen LogP contribution < -0.4 is 10.6 Å². The summed E-state index contributed by atoms with van der Waals surface area (Å²) in [7, 11) is 0. The second kappa shape index (κ2) is 6.08. The first kappa shape index (κ1) is 15.9.